The molecule has 0 spiro atoms. The minimum atomic E-state index is -1.04. The van der Waals surface area contributed by atoms with E-state index in [-0.39, 0.29) is 17.9 Å². The van der Waals surface area contributed by atoms with Gasteiger partial charge in [0.25, 0.3) is 0 Å². The van der Waals surface area contributed by atoms with Crippen molar-refractivity contribution in [1.82, 2.24) is 9.99 Å². The van der Waals surface area contributed by atoms with Gasteiger partial charge in [0.1, 0.15) is 0 Å². The maximum Gasteiger partial charge on any atom is 0.336 e. The fraction of sp³-hybridized carbons (Fsp3) is 0.133. The van der Waals surface area contributed by atoms with E-state index >= 15 is 0 Å². The van der Waals surface area contributed by atoms with E-state index in [0.29, 0.717) is 5.56 Å². The third-order valence-electron chi connectivity index (χ3n) is 2.98. The summed E-state index contributed by atoms with van der Waals surface area (Å²) in [4.78, 5) is 22.7. The zero-order valence-corrected chi connectivity index (χ0v) is 11.5. The minimum Gasteiger partial charge on any atom is -0.478 e. The van der Waals surface area contributed by atoms with Gasteiger partial charge in [0.2, 0.25) is 5.91 Å². The molecule has 0 aliphatic heterocycles. The Hall–Kier alpha value is -2.89. The van der Waals surface area contributed by atoms with Crippen LogP contribution < -0.4 is 5.43 Å². The van der Waals surface area contributed by atoms with Gasteiger partial charge in [-0.25, -0.2) is 10.2 Å². The van der Waals surface area contributed by atoms with Gasteiger partial charge in [0.15, 0.2) is 0 Å². The van der Waals surface area contributed by atoms with E-state index in [4.69, 9.17) is 5.11 Å². The molecule has 2 rings (SSSR count). The van der Waals surface area contributed by atoms with Gasteiger partial charge in [0, 0.05) is 24.5 Å². The molecule has 0 saturated carbocycles. The van der Waals surface area contributed by atoms with Crippen LogP contribution in [0.4, 0.5) is 0 Å². The number of carbonyl (C=O) groups is 2. The average Bonchev–Trinajstić information content (AvgIpc) is 2.84. The van der Waals surface area contributed by atoms with Gasteiger partial charge in [-0.05, 0) is 18.2 Å². The number of aryl methyl sites for hydroxylation is 1. The predicted molar refractivity (Wildman–Crippen MR) is 78.3 cm³/mol. The Kier molecular flexibility index (Phi) is 4.50. The maximum atomic E-state index is 11.7. The number of hydrogen-bond donors (Lipinski definition) is 2. The molecule has 6 nitrogen and oxygen atoms in total. The number of nitrogens with zero attached hydrogens (tertiary/aromatic N) is 2. The number of benzene rings is 1. The van der Waals surface area contributed by atoms with Gasteiger partial charge in [-0.3, -0.25) is 4.79 Å². The highest BCUT2D eigenvalue weighted by Gasteiger charge is 2.07. The summed E-state index contributed by atoms with van der Waals surface area (Å²) in [5.41, 5.74) is 3.83. The van der Waals surface area contributed by atoms with Gasteiger partial charge >= 0.3 is 5.97 Å². The van der Waals surface area contributed by atoms with Gasteiger partial charge < -0.3 is 9.67 Å². The zero-order valence-electron chi connectivity index (χ0n) is 11.5. The first-order chi connectivity index (χ1) is 10.1. The Labute approximate surface area is 121 Å². The van der Waals surface area contributed by atoms with E-state index in [1.165, 1.54) is 12.3 Å². The lowest BCUT2D eigenvalue weighted by atomic mass is 10.1. The van der Waals surface area contributed by atoms with Crippen molar-refractivity contribution < 1.29 is 14.7 Å². The second-order valence-corrected chi connectivity index (χ2v) is 4.47. The molecule has 6 heteroatoms. The largest absolute Gasteiger partial charge is 0.478 e. The quantitative estimate of drug-likeness (QED) is 0.643. The van der Waals surface area contributed by atoms with Crippen LogP contribution in [0.3, 0.4) is 0 Å². The smallest absolute Gasteiger partial charge is 0.336 e. The van der Waals surface area contributed by atoms with E-state index in [9.17, 15) is 9.59 Å². The maximum absolute atomic E-state index is 11.7. The molecule has 0 aliphatic rings. The van der Waals surface area contributed by atoms with E-state index in [2.05, 4.69) is 10.5 Å². The van der Waals surface area contributed by atoms with E-state index < -0.39 is 5.97 Å². The molecule has 0 radical (unpaired) electrons. The number of carboxylic acids is 1. The van der Waals surface area contributed by atoms with E-state index in [0.717, 1.165) is 5.69 Å². The number of hydrogen-bond acceptors (Lipinski definition) is 3. The number of hydrazone groups is 1. The number of rotatable bonds is 5. The van der Waals surface area contributed by atoms with Crippen LogP contribution >= 0.6 is 0 Å². The molecule has 2 aromatic rings. The molecular formula is C15H15N3O3. The molecule has 1 heterocycles. The second kappa shape index (κ2) is 6.51. The van der Waals surface area contributed by atoms with Crippen molar-refractivity contribution in [2.45, 2.75) is 6.42 Å². The highest BCUT2D eigenvalue weighted by molar-refractivity contribution is 5.98. The van der Waals surface area contributed by atoms with Crippen molar-refractivity contribution in [3.05, 3.63) is 59.4 Å². The molecule has 1 aromatic carbocycles. The van der Waals surface area contributed by atoms with Crippen molar-refractivity contribution in [2.75, 3.05) is 0 Å². The second-order valence-electron chi connectivity index (χ2n) is 4.47. The molecular weight excluding hydrogens is 270 g/mol. The summed E-state index contributed by atoms with van der Waals surface area (Å²) in [6.07, 6.45) is 3.39. The topological polar surface area (TPSA) is 83.7 Å². The predicted octanol–water partition coefficient (Wildman–Crippen LogP) is 1.42. The number of amides is 1. The number of aromatic carboxylic acids is 1. The Balaban J connectivity index is 1.98. The molecule has 0 atom stereocenters. The Morgan fingerprint density at radius 1 is 1.29 bits per heavy atom. The first kappa shape index (κ1) is 14.5. The zero-order chi connectivity index (χ0) is 15.2. The van der Waals surface area contributed by atoms with Crippen molar-refractivity contribution in [3.63, 3.8) is 0 Å². The van der Waals surface area contributed by atoms with Crippen molar-refractivity contribution in [1.29, 1.82) is 0 Å². The van der Waals surface area contributed by atoms with Crippen molar-refractivity contribution in [2.24, 2.45) is 12.1 Å². The van der Waals surface area contributed by atoms with E-state index in [1.54, 1.807) is 18.2 Å². The van der Waals surface area contributed by atoms with Crippen LogP contribution in [-0.4, -0.2) is 27.8 Å². The minimum absolute atomic E-state index is 0.137. The van der Waals surface area contributed by atoms with Crippen LogP contribution in [0, 0.1) is 0 Å². The third-order valence-corrected chi connectivity index (χ3v) is 2.98. The number of carbonyl (C=O) groups excluding carboxylic acids is 1. The number of aromatic nitrogens is 1. The first-order valence-electron chi connectivity index (χ1n) is 6.32. The summed E-state index contributed by atoms with van der Waals surface area (Å²) < 4.78 is 1.85. The lowest BCUT2D eigenvalue weighted by Crippen LogP contribution is -2.21. The van der Waals surface area contributed by atoms with Gasteiger partial charge in [-0.1, -0.05) is 18.2 Å². The van der Waals surface area contributed by atoms with E-state index in [1.807, 2.05) is 29.9 Å². The summed E-state index contributed by atoms with van der Waals surface area (Å²) in [7, 11) is 1.86. The van der Waals surface area contributed by atoms with Crippen LogP contribution in [-0.2, 0) is 18.3 Å². The molecule has 0 aliphatic carbocycles. The molecule has 1 aromatic heterocycles. The van der Waals surface area contributed by atoms with Crippen LogP contribution in [0.1, 0.15) is 21.6 Å². The van der Waals surface area contributed by atoms with Gasteiger partial charge in [0.05, 0.1) is 18.2 Å². The lowest BCUT2D eigenvalue weighted by Gasteiger charge is -2.02. The Morgan fingerprint density at radius 3 is 2.71 bits per heavy atom. The monoisotopic (exact) mass is 285 g/mol. The molecule has 0 unspecified atom stereocenters. The summed E-state index contributed by atoms with van der Waals surface area (Å²) in [5.74, 6) is -1.30. The summed E-state index contributed by atoms with van der Waals surface area (Å²) in [5, 5.41) is 12.8. The molecule has 21 heavy (non-hydrogen) atoms. The molecule has 2 N–H and O–H groups in total. The number of nitrogens with one attached hydrogen (secondary N) is 1. The van der Waals surface area contributed by atoms with Crippen LogP contribution in [0.5, 0.6) is 0 Å². The van der Waals surface area contributed by atoms with Crippen LogP contribution in [0.15, 0.2) is 47.7 Å². The highest BCUT2D eigenvalue weighted by atomic mass is 16.4. The fourth-order valence-electron chi connectivity index (χ4n) is 1.86. The number of carboxylic acid groups (broad SMARTS) is 1. The SMILES string of the molecule is Cn1cccc1CC(=O)NN=Cc1ccccc1C(=O)O. The van der Waals surface area contributed by atoms with Crippen molar-refractivity contribution in [3.8, 4) is 0 Å². The Morgan fingerprint density at radius 2 is 2.05 bits per heavy atom. The summed E-state index contributed by atoms with van der Waals surface area (Å²) in [6.45, 7) is 0. The molecule has 0 saturated heterocycles. The van der Waals surface area contributed by atoms with Crippen molar-refractivity contribution >= 4 is 18.1 Å². The highest BCUT2D eigenvalue weighted by Crippen LogP contribution is 2.06. The molecule has 108 valence electrons. The van der Waals surface area contributed by atoms with Crippen LogP contribution in [0.2, 0.25) is 0 Å². The standard InChI is InChI=1S/C15H15N3O3/c1-18-8-4-6-12(18)9-14(19)17-16-10-11-5-2-3-7-13(11)15(20)21/h2-8,10H,9H2,1H3,(H,17,19)(H,20,21). The lowest BCUT2D eigenvalue weighted by molar-refractivity contribution is -0.120. The molecule has 0 fully saturated rings. The summed E-state index contributed by atoms with van der Waals surface area (Å²) in [6, 6.07) is 10.2. The van der Waals surface area contributed by atoms with Gasteiger partial charge in [-0.15, -0.1) is 0 Å². The fourth-order valence-corrected chi connectivity index (χ4v) is 1.86. The molecule has 0 bridgehead atoms. The molecule has 1 amide bonds. The Bertz CT molecular complexity index is 689. The third kappa shape index (κ3) is 3.79. The van der Waals surface area contributed by atoms with Gasteiger partial charge in [-0.2, -0.15) is 5.10 Å². The normalized spacial score (nSPS) is 10.7. The first-order valence-corrected chi connectivity index (χ1v) is 6.32. The average molecular weight is 285 g/mol. The summed E-state index contributed by atoms with van der Waals surface area (Å²) >= 11 is 0. The van der Waals surface area contributed by atoms with Crippen LogP contribution in [0.25, 0.3) is 0 Å².